The number of nitrogens with zero attached hydrogens (tertiary/aromatic N) is 4. The predicted octanol–water partition coefficient (Wildman–Crippen LogP) is 2.47. The molecule has 5 nitrogen and oxygen atoms in total. The average molecular weight is 306 g/mol. The Kier molecular flexibility index (Phi) is 5.61. The van der Waals surface area contributed by atoms with E-state index in [0.29, 0.717) is 24.8 Å². The minimum Gasteiger partial charge on any atom is -0.335 e. The van der Waals surface area contributed by atoms with Crippen LogP contribution in [0.15, 0.2) is 30.5 Å². The zero-order valence-corrected chi connectivity index (χ0v) is 13.3. The maximum absolute atomic E-state index is 12.2. The molecule has 6 heteroatoms. The molecule has 0 atom stereocenters. The molecular formula is C15H22N4OS. The summed E-state index contributed by atoms with van der Waals surface area (Å²) in [4.78, 5) is 13.9. The number of hydrogen-bond acceptors (Lipinski definition) is 4. The number of thioether (sulfide) groups is 1. The van der Waals surface area contributed by atoms with Gasteiger partial charge in [0.2, 0.25) is 5.91 Å². The van der Waals surface area contributed by atoms with Gasteiger partial charge in [0, 0.05) is 25.6 Å². The number of carbonyl (C=O) groups excluding carboxylic acids is 1. The molecular weight excluding hydrogens is 284 g/mol. The fraction of sp³-hybridized carbons (Fsp3) is 0.533. The molecule has 1 aromatic rings. The molecule has 1 heterocycles. The molecule has 1 amide bonds. The van der Waals surface area contributed by atoms with Gasteiger partial charge in [0.05, 0.1) is 5.75 Å². The predicted molar refractivity (Wildman–Crippen MR) is 85.4 cm³/mol. The molecule has 1 aromatic heterocycles. The summed E-state index contributed by atoms with van der Waals surface area (Å²) in [7, 11) is 0. The van der Waals surface area contributed by atoms with E-state index >= 15 is 0 Å². The highest BCUT2D eigenvalue weighted by molar-refractivity contribution is 7.99. The molecule has 0 N–H and O–H groups in total. The largest absolute Gasteiger partial charge is 0.335 e. The van der Waals surface area contributed by atoms with E-state index in [1.54, 1.807) is 17.1 Å². The van der Waals surface area contributed by atoms with Gasteiger partial charge >= 0.3 is 0 Å². The van der Waals surface area contributed by atoms with Crippen molar-refractivity contribution in [2.75, 3.05) is 18.8 Å². The summed E-state index contributed by atoms with van der Waals surface area (Å²) in [5, 5.41) is 9.35. The van der Waals surface area contributed by atoms with Gasteiger partial charge in [-0.25, -0.2) is 0 Å². The van der Waals surface area contributed by atoms with Crippen LogP contribution >= 0.6 is 11.8 Å². The Bertz CT molecular complexity index is 512. The normalized spacial score (nSPS) is 14.0. The molecule has 0 aromatic carbocycles. The second kappa shape index (κ2) is 7.45. The first-order valence-corrected chi connectivity index (χ1v) is 8.25. The van der Waals surface area contributed by atoms with Gasteiger partial charge in [0.25, 0.3) is 0 Å². The standard InChI is InChI=1S/C15H22N4OS/c1-4-9-18(10-5-2)13(20)11-21-15-17-16-14(12-7-8-12)19(15)6-3/h4-5,12H,1-2,6-11H2,3H3. The van der Waals surface area contributed by atoms with E-state index in [4.69, 9.17) is 0 Å². The van der Waals surface area contributed by atoms with Crippen molar-refractivity contribution in [3.05, 3.63) is 31.1 Å². The summed E-state index contributed by atoms with van der Waals surface area (Å²) in [6.07, 6.45) is 5.86. The van der Waals surface area contributed by atoms with Crippen molar-refractivity contribution < 1.29 is 4.79 Å². The van der Waals surface area contributed by atoms with Gasteiger partial charge in [-0.05, 0) is 19.8 Å². The highest BCUT2D eigenvalue weighted by atomic mass is 32.2. The number of carbonyl (C=O) groups is 1. The molecule has 0 bridgehead atoms. The SMILES string of the molecule is C=CCN(CC=C)C(=O)CSc1nnc(C2CC2)n1CC. The van der Waals surface area contributed by atoms with Gasteiger partial charge in [0.1, 0.15) is 5.82 Å². The lowest BCUT2D eigenvalue weighted by molar-refractivity contribution is -0.127. The molecule has 1 fully saturated rings. The van der Waals surface area contributed by atoms with Crippen LogP contribution in [0.4, 0.5) is 0 Å². The maximum atomic E-state index is 12.2. The van der Waals surface area contributed by atoms with Crippen LogP contribution in [0.2, 0.25) is 0 Å². The summed E-state index contributed by atoms with van der Waals surface area (Å²) in [5.74, 6) is 2.07. The Morgan fingerprint density at radius 3 is 2.57 bits per heavy atom. The molecule has 0 aliphatic heterocycles. The van der Waals surface area contributed by atoms with Crippen LogP contribution < -0.4 is 0 Å². The van der Waals surface area contributed by atoms with Crippen molar-refractivity contribution in [3.63, 3.8) is 0 Å². The van der Waals surface area contributed by atoms with Crippen LogP contribution in [0.25, 0.3) is 0 Å². The van der Waals surface area contributed by atoms with Crippen LogP contribution in [0, 0.1) is 0 Å². The van der Waals surface area contributed by atoms with E-state index in [0.717, 1.165) is 17.5 Å². The molecule has 1 aliphatic rings. The first-order chi connectivity index (χ1) is 10.2. The van der Waals surface area contributed by atoms with E-state index in [1.807, 2.05) is 0 Å². The zero-order chi connectivity index (χ0) is 15.2. The topological polar surface area (TPSA) is 51.0 Å². The molecule has 21 heavy (non-hydrogen) atoms. The van der Waals surface area contributed by atoms with Crippen molar-refractivity contribution in [1.29, 1.82) is 0 Å². The van der Waals surface area contributed by atoms with E-state index in [1.165, 1.54) is 24.6 Å². The van der Waals surface area contributed by atoms with Crippen LogP contribution in [-0.2, 0) is 11.3 Å². The third kappa shape index (κ3) is 3.97. The highest BCUT2D eigenvalue weighted by Crippen LogP contribution is 2.39. The molecule has 0 unspecified atom stereocenters. The summed E-state index contributed by atoms with van der Waals surface area (Å²) < 4.78 is 2.13. The monoisotopic (exact) mass is 306 g/mol. The molecule has 114 valence electrons. The Morgan fingerprint density at radius 1 is 1.38 bits per heavy atom. The minimum absolute atomic E-state index is 0.0680. The van der Waals surface area contributed by atoms with Gasteiger partial charge in [-0.15, -0.1) is 23.4 Å². The highest BCUT2D eigenvalue weighted by Gasteiger charge is 2.30. The van der Waals surface area contributed by atoms with E-state index < -0.39 is 0 Å². The maximum Gasteiger partial charge on any atom is 0.233 e. The molecule has 2 rings (SSSR count). The Labute approximate surface area is 130 Å². The summed E-state index contributed by atoms with van der Waals surface area (Å²) >= 11 is 1.46. The molecule has 1 aliphatic carbocycles. The summed E-state index contributed by atoms with van der Waals surface area (Å²) in [6, 6.07) is 0. The second-order valence-corrected chi connectivity index (χ2v) is 5.97. The quantitative estimate of drug-likeness (QED) is 0.519. The summed E-state index contributed by atoms with van der Waals surface area (Å²) in [5.41, 5.74) is 0. The van der Waals surface area contributed by atoms with Crippen LogP contribution in [-0.4, -0.2) is 44.4 Å². The van der Waals surface area contributed by atoms with Crippen molar-refractivity contribution in [1.82, 2.24) is 19.7 Å². The Hall–Kier alpha value is -1.56. The average Bonchev–Trinajstić information content (AvgIpc) is 3.24. The van der Waals surface area contributed by atoms with Gasteiger partial charge in [0.15, 0.2) is 5.16 Å². The number of hydrogen-bond donors (Lipinski definition) is 0. The molecule has 0 spiro atoms. The van der Waals surface area contributed by atoms with Crippen molar-refractivity contribution in [3.8, 4) is 0 Å². The Morgan fingerprint density at radius 2 is 2.05 bits per heavy atom. The van der Waals surface area contributed by atoms with Crippen LogP contribution in [0.1, 0.15) is 31.5 Å². The first kappa shape index (κ1) is 15.8. The summed E-state index contributed by atoms with van der Waals surface area (Å²) in [6.45, 7) is 11.4. The van der Waals surface area contributed by atoms with E-state index in [2.05, 4.69) is 34.8 Å². The molecule has 0 saturated heterocycles. The lowest BCUT2D eigenvalue weighted by Crippen LogP contribution is -2.32. The van der Waals surface area contributed by atoms with Crippen molar-refractivity contribution >= 4 is 17.7 Å². The fourth-order valence-electron chi connectivity index (χ4n) is 2.15. The number of amides is 1. The van der Waals surface area contributed by atoms with E-state index in [9.17, 15) is 4.79 Å². The van der Waals surface area contributed by atoms with Crippen molar-refractivity contribution in [2.24, 2.45) is 0 Å². The van der Waals surface area contributed by atoms with Crippen LogP contribution in [0.5, 0.6) is 0 Å². The minimum atomic E-state index is 0.0680. The van der Waals surface area contributed by atoms with Gasteiger partial charge in [-0.2, -0.15) is 0 Å². The zero-order valence-electron chi connectivity index (χ0n) is 12.5. The lowest BCUT2D eigenvalue weighted by atomic mass is 10.4. The van der Waals surface area contributed by atoms with Crippen molar-refractivity contribution in [2.45, 2.75) is 37.4 Å². The molecule has 1 saturated carbocycles. The van der Waals surface area contributed by atoms with E-state index in [-0.39, 0.29) is 5.91 Å². The molecule has 0 radical (unpaired) electrons. The first-order valence-electron chi connectivity index (χ1n) is 7.26. The smallest absolute Gasteiger partial charge is 0.233 e. The lowest BCUT2D eigenvalue weighted by Gasteiger charge is -2.18. The number of aromatic nitrogens is 3. The van der Waals surface area contributed by atoms with Gasteiger partial charge < -0.3 is 9.47 Å². The van der Waals surface area contributed by atoms with Gasteiger partial charge in [-0.1, -0.05) is 23.9 Å². The third-order valence-corrected chi connectivity index (χ3v) is 4.33. The van der Waals surface area contributed by atoms with Gasteiger partial charge in [-0.3, -0.25) is 4.79 Å². The second-order valence-electron chi connectivity index (χ2n) is 5.02. The number of rotatable bonds is 9. The fourth-order valence-corrected chi connectivity index (χ4v) is 3.07. The Balaban J connectivity index is 1.96. The third-order valence-electron chi connectivity index (χ3n) is 3.38. The van der Waals surface area contributed by atoms with Crippen LogP contribution in [0.3, 0.4) is 0 Å².